The van der Waals surface area contributed by atoms with Crippen molar-refractivity contribution in [2.45, 2.75) is 0 Å². The maximum atomic E-state index is 12.2. The van der Waals surface area contributed by atoms with E-state index in [9.17, 15) is 19.5 Å². The van der Waals surface area contributed by atoms with Crippen LogP contribution in [-0.4, -0.2) is 23.0 Å². The van der Waals surface area contributed by atoms with Gasteiger partial charge in [-0.05, 0) is 17.5 Å². The van der Waals surface area contributed by atoms with Crippen molar-refractivity contribution in [1.82, 2.24) is 5.32 Å². The number of amides is 3. The molecule has 3 amide bonds. The Labute approximate surface area is 147 Å². The van der Waals surface area contributed by atoms with Crippen molar-refractivity contribution in [3.63, 3.8) is 0 Å². The summed E-state index contributed by atoms with van der Waals surface area (Å²) in [6.45, 7) is 0. The van der Waals surface area contributed by atoms with E-state index in [2.05, 4.69) is 10.6 Å². The summed E-state index contributed by atoms with van der Waals surface area (Å²) in [5.74, 6) is -1.29. The van der Waals surface area contributed by atoms with Crippen LogP contribution in [0, 0.1) is 0 Å². The lowest BCUT2D eigenvalue weighted by molar-refractivity contribution is 0.0880. The van der Waals surface area contributed by atoms with E-state index in [4.69, 9.17) is 4.74 Å². The minimum atomic E-state index is -0.892. The second-order valence-corrected chi connectivity index (χ2v) is 5.63. The number of para-hydroxylation sites is 1. The van der Waals surface area contributed by atoms with Crippen molar-refractivity contribution >= 4 is 34.4 Å². The van der Waals surface area contributed by atoms with Crippen molar-refractivity contribution in [1.29, 1.82) is 0 Å². The first-order valence-corrected chi connectivity index (χ1v) is 7.73. The van der Waals surface area contributed by atoms with Gasteiger partial charge in [-0.25, -0.2) is 4.79 Å². The van der Waals surface area contributed by atoms with E-state index in [0.717, 1.165) is 0 Å². The Balaban J connectivity index is 1.81. The SMILES string of the molecule is O=C(Nc1c2c(c3ccccc3c1O)C(=O)NC2=O)Oc1ccccc1. The number of anilines is 1. The fraction of sp³-hybridized carbons (Fsp3) is 0. The van der Waals surface area contributed by atoms with E-state index < -0.39 is 17.9 Å². The zero-order valence-electron chi connectivity index (χ0n) is 13.3. The Morgan fingerprint density at radius 2 is 1.50 bits per heavy atom. The number of ether oxygens (including phenoxy) is 1. The molecule has 3 N–H and O–H groups in total. The minimum absolute atomic E-state index is 0.0868. The molecule has 128 valence electrons. The van der Waals surface area contributed by atoms with E-state index in [1.807, 2.05) is 0 Å². The summed E-state index contributed by atoms with van der Waals surface area (Å²) in [6, 6.07) is 14.9. The van der Waals surface area contributed by atoms with Gasteiger partial charge in [0.15, 0.2) is 0 Å². The third-order valence-electron chi connectivity index (χ3n) is 4.05. The normalized spacial score (nSPS) is 12.6. The van der Waals surface area contributed by atoms with Gasteiger partial charge in [0.2, 0.25) is 0 Å². The number of carbonyl (C=O) groups excluding carboxylic acids is 3. The molecule has 0 aliphatic carbocycles. The highest BCUT2D eigenvalue weighted by Crippen LogP contribution is 2.41. The molecule has 4 rings (SSSR count). The molecule has 7 nitrogen and oxygen atoms in total. The molecule has 3 aromatic rings. The summed E-state index contributed by atoms with van der Waals surface area (Å²) in [4.78, 5) is 36.6. The van der Waals surface area contributed by atoms with Crippen molar-refractivity contribution in [3.05, 3.63) is 65.7 Å². The number of rotatable bonds is 2. The summed E-state index contributed by atoms with van der Waals surface area (Å²) in [7, 11) is 0. The van der Waals surface area contributed by atoms with Crippen LogP contribution in [0.3, 0.4) is 0 Å². The van der Waals surface area contributed by atoms with E-state index in [1.165, 1.54) is 0 Å². The molecule has 0 saturated carbocycles. The quantitative estimate of drug-likeness (QED) is 0.488. The maximum Gasteiger partial charge on any atom is 0.417 e. The van der Waals surface area contributed by atoms with Crippen LogP contribution < -0.4 is 15.4 Å². The highest BCUT2D eigenvalue weighted by Gasteiger charge is 2.35. The Bertz CT molecular complexity index is 1080. The molecule has 1 heterocycles. The predicted octanol–water partition coefficient (Wildman–Crippen LogP) is 3.04. The number of aromatic hydroxyl groups is 1. The molecular weight excluding hydrogens is 336 g/mol. The smallest absolute Gasteiger partial charge is 0.417 e. The van der Waals surface area contributed by atoms with Crippen LogP contribution in [-0.2, 0) is 0 Å². The Morgan fingerprint density at radius 3 is 2.23 bits per heavy atom. The Morgan fingerprint density at radius 1 is 0.885 bits per heavy atom. The molecule has 7 heteroatoms. The molecule has 1 aliphatic heterocycles. The maximum absolute atomic E-state index is 12.2. The van der Waals surface area contributed by atoms with Gasteiger partial charge in [-0.3, -0.25) is 20.2 Å². The largest absolute Gasteiger partial charge is 0.505 e. The van der Waals surface area contributed by atoms with E-state index in [1.54, 1.807) is 54.6 Å². The van der Waals surface area contributed by atoms with E-state index in [-0.39, 0.29) is 22.6 Å². The fourth-order valence-electron chi connectivity index (χ4n) is 2.96. The number of phenols is 1. The molecule has 0 bridgehead atoms. The zero-order chi connectivity index (χ0) is 18.3. The Kier molecular flexibility index (Phi) is 3.54. The Hall–Kier alpha value is -3.87. The van der Waals surface area contributed by atoms with Crippen LogP contribution in [0.4, 0.5) is 10.5 Å². The standard InChI is InChI=1S/C19H12N2O5/c22-16-12-9-5-4-8-11(12)13-14(18(24)21-17(13)23)15(16)20-19(25)26-10-6-2-1-3-7-10/h1-9,22H,(H,20,25)(H,21,23,24). The number of nitrogens with one attached hydrogen (secondary N) is 2. The molecule has 26 heavy (non-hydrogen) atoms. The monoisotopic (exact) mass is 348 g/mol. The lowest BCUT2D eigenvalue weighted by Crippen LogP contribution is -2.21. The van der Waals surface area contributed by atoms with Gasteiger partial charge in [0.05, 0.1) is 11.1 Å². The highest BCUT2D eigenvalue weighted by atomic mass is 16.6. The van der Waals surface area contributed by atoms with Crippen molar-refractivity contribution in [2.75, 3.05) is 5.32 Å². The molecule has 0 unspecified atom stereocenters. The average molecular weight is 348 g/mol. The van der Waals surface area contributed by atoms with Crippen LogP contribution in [0.2, 0.25) is 0 Å². The molecular formula is C19H12N2O5. The summed E-state index contributed by atoms with van der Waals surface area (Å²) in [5, 5.41) is 15.9. The van der Waals surface area contributed by atoms with Crippen LogP contribution in [0.5, 0.6) is 11.5 Å². The molecule has 0 aromatic heterocycles. The molecule has 0 radical (unpaired) electrons. The molecule has 0 spiro atoms. The van der Waals surface area contributed by atoms with Gasteiger partial charge in [-0.15, -0.1) is 0 Å². The van der Waals surface area contributed by atoms with Crippen LogP contribution >= 0.6 is 0 Å². The highest BCUT2D eigenvalue weighted by molar-refractivity contribution is 6.30. The van der Waals surface area contributed by atoms with Gasteiger partial charge in [-0.2, -0.15) is 0 Å². The third-order valence-corrected chi connectivity index (χ3v) is 4.05. The predicted molar refractivity (Wildman–Crippen MR) is 93.5 cm³/mol. The van der Waals surface area contributed by atoms with Crippen LogP contribution in [0.25, 0.3) is 10.8 Å². The summed E-state index contributed by atoms with van der Waals surface area (Å²) >= 11 is 0. The summed E-state index contributed by atoms with van der Waals surface area (Å²) < 4.78 is 5.13. The lowest BCUT2D eigenvalue weighted by Gasteiger charge is -2.14. The van der Waals surface area contributed by atoms with Crippen molar-refractivity contribution in [3.8, 4) is 11.5 Å². The van der Waals surface area contributed by atoms with Crippen molar-refractivity contribution < 1.29 is 24.2 Å². The topological polar surface area (TPSA) is 105 Å². The van der Waals surface area contributed by atoms with Gasteiger partial charge < -0.3 is 9.84 Å². The first kappa shape index (κ1) is 15.6. The molecule has 0 fully saturated rings. The van der Waals surface area contributed by atoms with Crippen molar-refractivity contribution in [2.24, 2.45) is 0 Å². The first-order valence-electron chi connectivity index (χ1n) is 7.73. The number of fused-ring (bicyclic) bond motifs is 3. The summed E-state index contributed by atoms with van der Waals surface area (Å²) in [6.07, 6.45) is -0.892. The zero-order valence-corrected chi connectivity index (χ0v) is 13.3. The minimum Gasteiger partial charge on any atom is -0.505 e. The number of benzene rings is 3. The van der Waals surface area contributed by atoms with Gasteiger partial charge in [-0.1, -0.05) is 42.5 Å². The van der Waals surface area contributed by atoms with E-state index >= 15 is 0 Å². The second-order valence-electron chi connectivity index (χ2n) is 5.63. The molecule has 3 aromatic carbocycles. The van der Waals surface area contributed by atoms with Gasteiger partial charge in [0.1, 0.15) is 17.2 Å². The number of phenolic OH excluding ortho intramolecular Hbond substituents is 1. The first-order chi connectivity index (χ1) is 12.6. The third kappa shape index (κ3) is 2.42. The lowest BCUT2D eigenvalue weighted by atomic mass is 9.97. The molecule has 0 atom stereocenters. The molecule has 0 saturated heterocycles. The summed E-state index contributed by atoms with van der Waals surface area (Å²) in [5.41, 5.74) is -0.141. The average Bonchev–Trinajstić information content (AvgIpc) is 2.94. The van der Waals surface area contributed by atoms with E-state index in [0.29, 0.717) is 16.5 Å². The van der Waals surface area contributed by atoms with Gasteiger partial charge in [0, 0.05) is 5.39 Å². The number of imide groups is 1. The number of hydrogen-bond acceptors (Lipinski definition) is 5. The van der Waals surface area contributed by atoms with Crippen LogP contribution in [0.1, 0.15) is 20.7 Å². The number of carbonyl (C=O) groups is 3. The number of hydrogen-bond donors (Lipinski definition) is 3. The molecule has 1 aliphatic rings. The van der Waals surface area contributed by atoms with Crippen LogP contribution in [0.15, 0.2) is 54.6 Å². The van der Waals surface area contributed by atoms with Gasteiger partial charge in [0.25, 0.3) is 11.8 Å². The van der Waals surface area contributed by atoms with Gasteiger partial charge >= 0.3 is 6.09 Å². The second kappa shape index (κ2) is 5.89. The fourth-order valence-corrected chi connectivity index (χ4v) is 2.96.